The van der Waals surface area contributed by atoms with Gasteiger partial charge in [0.15, 0.2) is 0 Å². The van der Waals surface area contributed by atoms with Crippen LogP contribution in [0, 0.1) is 0 Å². The van der Waals surface area contributed by atoms with E-state index in [-0.39, 0.29) is 5.69 Å². The molecule has 0 unspecified atom stereocenters. The average molecular weight is 311 g/mol. The van der Waals surface area contributed by atoms with Gasteiger partial charge in [0.05, 0.1) is 11.7 Å². The van der Waals surface area contributed by atoms with Crippen molar-refractivity contribution in [3.8, 4) is 0 Å². The second-order valence-electron chi connectivity index (χ2n) is 5.36. The van der Waals surface area contributed by atoms with Gasteiger partial charge in [-0.1, -0.05) is 11.6 Å². The van der Waals surface area contributed by atoms with E-state index >= 15 is 0 Å². The molecule has 2 rings (SSSR count). The highest BCUT2D eigenvalue weighted by Gasteiger charge is 2.17. The largest absolute Gasteiger partial charge is 0.443 e. The molecule has 0 aliphatic rings. The number of ether oxygens (including phenoxy) is 1. The number of aromatic amines is 1. The van der Waals surface area contributed by atoms with Crippen molar-refractivity contribution >= 4 is 34.5 Å². The SMILES string of the molecule is CC(C)(C)OC(=O)NNC(=O)c1cc2cc(Cl)ncc2[nH]1. The molecule has 0 radical (unpaired) electrons. The Morgan fingerprint density at radius 1 is 1.29 bits per heavy atom. The Bertz CT molecular complexity index is 690. The number of amides is 2. The summed E-state index contributed by atoms with van der Waals surface area (Å²) in [5.74, 6) is -0.506. The van der Waals surface area contributed by atoms with Gasteiger partial charge in [0.25, 0.3) is 5.91 Å². The Morgan fingerprint density at radius 3 is 2.67 bits per heavy atom. The topological polar surface area (TPSA) is 96.1 Å². The zero-order valence-corrected chi connectivity index (χ0v) is 12.5. The second kappa shape index (κ2) is 5.61. The maximum Gasteiger partial charge on any atom is 0.426 e. The molecule has 2 aromatic heterocycles. The van der Waals surface area contributed by atoms with Crippen LogP contribution in [-0.4, -0.2) is 27.6 Å². The first kappa shape index (κ1) is 15.1. The normalized spacial score (nSPS) is 11.2. The fourth-order valence-corrected chi connectivity index (χ4v) is 1.77. The number of rotatable bonds is 1. The van der Waals surface area contributed by atoms with Gasteiger partial charge in [0.2, 0.25) is 0 Å². The number of nitrogens with zero attached hydrogens (tertiary/aromatic N) is 1. The molecule has 0 aliphatic heterocycles. The van der Waals surface area contributed by atoms with Gasteiger partial charge in [-0.3, -0.25) is 10.2 Å². The van der Waals surface area contributed by atoms with E-state index < -0.39 is 17.6 Å². The van der Waals surface area contributed by atoms with Crippen molar-refractivity contribution < 1.29 is 14.3 Å². The van der Waals surface area contributed by atoms with Crippen LogP contribution in [0.1, 0.15) is 31.3 Å². The van der Waals surface area contributed by atoms with E-state index in [1.807, 2.05) is 0 Å². The number of hydrazine groups is 1. The lowest BCUT2D eigenvalue weighted by molar-refractivity contribution is 0.0483. The summed E-state index contributed by atoms with van der Waals surface area (Å²) in [5, 5.41) is 1.08. The van der Waals surface area contributed by atoms with Gasteiger partial charge in [-0.2, -0.15) is 0 Å². The number of carbonyl (C=O) groups excluding carboxylic acids is 2. The minimum atomic E-state index is -0.739. The van der Waals surface area contributed by atoms with Gasteiger partial charge in [0, 0.05) is 5.39 Å². The summed E-state index contributed by atoms with van der Waals surface area (Å²) in [4.78, 5) is 30.1. The highest BCUT2D eigenvalue weighted by molar-refractivity contribution is 6.30. The number of halogens is 1. The van der Waals surface area contributed by atoms with E-state index in [0.29, 0.717) is 10.7 Å². The van der Waals surface area contributed by atoms with E-state index in [1.165, 1.54) is 6.20 Å². The number of nitrogens with one attached hydrogen (secondary N) is 3. The maximum absolute atomic E-state index is 11.9. The van der Waals surface area contributed by atoms with Gasteiger partial charge in [-0.05, 0) is 32.9 Å². The Hall–Kier alpha value is -2.28. The van der Waals surface area contributed by atoms with E-state index in [9.17, 15) is 9.59 Å². The van der Waals surface area contributed by atoms with Crippen molar-refractivity contribution in [2.24, 2.45) is 0 Å². The molecular weight excluding hydrogens is 296 g/mol. The number of carbonyl (C=O) groups is 2. The lowest BCUT2D eigenvalue weighted by Crippen LogP contribution is -2.44. The summed E-state index contributed by atoms with van der Waals surface area (Å²) in [6.07, 6.45) is 0.784. The Kier molecular flexibility index (Phi) is 4.04. The Labute approximate surface area is 126 Å². The van der Waals surface area contributed by atoms with Crippen LogP contribution in [0.25, 0.3) is 10.9 Å². The number of pyridine rings is 1. The highest BCUT2D eigenvalue weighted by atomic mass is 35.5. The number of hydrogen-bond acceptors (Lipinski definition) is 4. The van der Waals surface area contributed by atoms with E-state index in [0.717, 1.165) is 5.39 Å². The molecule has 0 aromatic carbocycles. The summed E-state index contributed by atoms with van der Waals surface area (Å²) in [5.41, 5.74) is 4.72. The van der Waals surface area contributed by atoms with Gasteiger partial charge < -0.3 is 9.72 Å². The van der Waals surface area contributed by atoms with Crippen LogP contribution in [0.4, 0.5) is 4.79 Å². The van der Waals surface area contributed by atoms with Gasteiger partial charge in [-0.25, -0.2) is 15.2 Å². The Morgan fingerprint density at radius 2 is 2.00 bits per heavy atom. The first-order chi connectivity index (χ1) is 9.74. The molecule has 7 nitrogen and oxygen atoms in total. The van der Waals surface area contributed by atoms with Crippen molar-refractivity contribution in [2.75, 3.05) is 0 Å². The third-order valence-electron chi connectivity index (χ3n) is 2.39. The molecule has 0 spiro atoms. The van der Waals surface area contributed by atoms with Crippen molar-refractivity contribution in [1.82, 2.24) is 20.8 Å². The lowest BCUT2D eigenvalue weighted by atomic mass is 10.2. The van der Waals surface area contributed by atoms with Gasteiger partial charge in [-0.15, -0.1) is 0 Å². The predicted octanol–water partition coefficient (Wildman–Crippen LogP) is 2.39. The third kappa shape index (κ3) is 4.09. The average Bonchev–Trinajstić information content (AvgIpc) is 2.76. The maximum atomic E-state index is 11.9. The molecule has 0 atom stereocenters. The van der Waals surface area contributed by atoms with Crippen LogP contribution >= 0.6 is 11.6 Å². The molecule has 2 aromatic rings. The van der Waals surface area contributed by atoms with E-state index in [2.05, 4.69) is 20.8 Å². The smallest absolute Gasteiger partial charge is 0.426 e. The lowest BCUT2D eigenvalue weighted by Gasteiger charge is -2.19. The molecule has 0 fully saturated rings. The molecule has 0 saturated carbocycles. The second-order valence-corrected chi connectivity index (χ2v) is 5.75. The predicted molar refractivity (Wildman–Crippen MR) is 77.9 cm³/mol. The van der Waals surface area contributed by atoms with Crippen molar-refractivity contribution in [2.45, 2.75) is 26.4 Å². The van der Waals surface area contributed by atoms with Gasteiger partial charge >= 0.3 is 6.09 Å². The van der Waals surface area contributed by atoms with Crippen LogP contribution in [0.15, 0.2) is 18.3 Å². The van der Waals surface area contributed by atoms with Crippen molar-refractivity contribution in [3.05, 3.63) is 29.2 Å². The highest BCUT2D eigenvalue weighted by Crippen LogP contribution is 2.17. The third-order valence-corrected chi connectivity index (χ3v) is 2.60. The van der Waals surface area contributed by atoms with Crippen LogP contribution < -0.4 is 10.9 Å². The fourth-order valence-electron chi connectivity index (χ4n) is 1.61. The molecule has 2 heterocycles. The quantitative estimate of drug-likeness (QED) is 0.556. The van der Waals surface area contributed by atoms with E-state index in [1.54, 1.807) is 32.9 Å². The summed E-state index contributed by atoms with van der Waals surface area (Å²) in [6, 6.07) is 3.24. The zero-order chi connectivity index (χ0) is 15.6. The monoisotopic (exact) mass is 310 g/mol. The number of aromatic nitrogens is 2. The van der Waals surface area contributed by atoms with Crippen LogP contribution in [-0.2, 0) is 4.74 Å². The molecule has 3 N–H and O–H groups in total. The number of H-pyrrole nitrogens is 1. The van der Waals surface area contributed by atoms with E-state index in [4.69, 9.17) is 16.3 Å². The summed E-state index contributed by atoms with van der Waals surface area (Å²) in [7, 11) is 0. The molecule has 0 saturated heterocycles. The summed E-state index contributed by atoms with van der Waals surface area (Å²) in [6.45, 7) is 5.18. The van der Waals surface area contributed by atoms with Crippen molar-refractivity contribution in [1.29, 1.82) is 0 Å². The summed E-state index contributed by atoms with van der Waals surface area (Å²) < 4.78 is 5.00. The molecular formula is C13H15ClN4O3. The molecule has 8 heteroatoms. The first-order valence-electron chi connectivity index (χ1n) is 6.18. The minimum Gasteiger partial charge on any atom is -0.443 e. The summed E-state index contributed by atoms with van der Waals surface area (Å²) >= 11 is 5.77. The van der Waals surface area contributed by atoms with Crippen LogP contribution in [0.2, 0.25) is 5.15 Å². The molecule has 2 amide bonds. The van der Waals surface area contributed by atoms with Crippen LogP contribution in [0.5, 0.6) is 0 Å². The molecule has 0 bridgehead atoms. The molecule has 0 aliphatic carbocycles. The molecule has 112 valence electrons. The van der Waals surface area contributed by atoms with Crippen LogP contribution in [0.3, 0.4) is 0 Å². The number of hydrogen-bond donors (Lipinski definition) is 3. The van der Waals surface area contributed by atoms with Crippen molar-refractivity contribution in [3.63, 3.8) is 0 Å². The fraction of sp³-hybridized carbons (Fsp3) is 0.308. The molecule has 21 heavy (non-hydrogen) atoms. The standard InChI is InChI=1S/C13H15ClN4O3/c1-13(2,3)21-12(20)18-17-11(19)8-4-7-5-10(14)15-6-9(7)16-8/h4-6,16H,1-3H3,(H,17,19)(H,18,20). The van der Waals surface area contributed by atoms with Gasteiger partial charge in [0.1, 0.15) is 16.4 Å². The Balaban J connectivity index is 2.01. The first-order valence-corrected chi connectivity index (χ1v) is 6.56. The minimum absolute atomic E-state index is 0.269. The zero-order valence-electron chi connectivity index (χ0n) is 11.8. The number of fused-ring (bicyclic) bond motifs is 1.